The Balaban J connectivity index is 2.20. The normalized spacial score (nSPS) is 12.6. The van der Waals surface area contributed by atoms with Crippen LogP contribution in [0.5, 0.6) is 0 Å². The molecule has 0 spiro atoms. The molecular formula is C13H14FNO. The van der Waals surface area contributed by atoms with Crippen LogP contribution in [0.2, 0.25) is 0 Å². The maximum Gasteiger partial charge on any atom is 0.126 e. The summed E-state index contributed by atoms with van der Waals surface area (Å²) < 4.78 is 18.8. The molecule has 16 heavy (non-hydrogen) atoms. The van der Waals surface area contributed by atoms with Crippen LogP contribution in [-0.2, 0) is 6.42 Å². The molecule has 2 aromatic rings. The average Bonchev–Trinajstić information content (AvgIpc) is 2.80. The van der Waals surface area contributed by atoms with Gasteiger partial charge in [0.15, 0.2) is 0 Å². The fourth-order valence-electron chi connectivity index (χ4n) is 1.80. The summed E-state index contributed by atoms with van der Waals surface area (Å²) >= 11 is 0. The fourth-order valence-corrected chi connectivity index (χ4v) is 1.80. The van der Waals surface area contributed by atoms with E-state index in [1.165, 1.54) is 6.07 Å². The van der Waals surface area contributed by atoms with Gasteiger partial charge in [-0.1, -0.05) is 18.2 Å². The van der Waals surface area contributed by atoms with E-state index in [1.54, 1.807) is 18.4 Å². The molecule has 1 unspecified atom stereocenters. The van der Waals surface area contributed by atoms with Gasteiger partial charge in [0.25, 0.3) is 0 Å². The Kier molecular flexibility index (Phi) is 3.37. The van der Waals surface area contributed by atoms with E-state index < -0.39 is 0 Å². The zero-order valence-corrected chi connectivity index (χ0v) is 8.90. The van der Waals surface area contributed by atoms with Crippen molar-refractivity contribution >= 4 is 0 Å². The molecule has 0 radical (unpaired) electrons. The second kappa shape index (κ2) is 4.94. The van der Waals surface area contributed by atoms with E-state index in [4.69, 9.17) is 10.2 Å². The average molecular weight is 219 g/mol. The second-order valence-corrected chi connectivity index (χ2v) is 3.74. The maximum atomic E-state index is 13.6. The van der Waals surface area contributed by atoms with E-state index >= 15 is 0 Å². The van der Waals surface area contributed by atoms with Gasteiger partial charge in [-0.05, 0) is 30.3 Å². The minimum absolute atomic E-state index is 0.0349. The number of halogens is 1. The molecule has 1 aromatic heterocycles. The smallest absolute Gasteiger partial charge is 0.126 e. The Morgan fingerprint density at radius 1 is 1.19 bits per heavy atom. The molecule has 0 bridgehead atoms. The zero-order valence-electron chi connectivity index (χ0n) is 8.90. The predicted octanol–water partition coefficient (Wildman–Crippen LogP) is 2.70. The summed E-state index contributed by atoms with van der Waals surface area (Å²) in [4.78, 5) is 0. The molecule has 0 saturated heterocycles. The van der Waals surface area contributed by atoms with Gasteiger partial charge in [-0.3, -0.25) is 0 Å². The van der Waals surface area contributed by atoms with E-state index in [9.17, 15) is 4.39 Å². The number of benzene rings is 1. The van der Waals surface area contributed by atoms with Crippen molar-refractivity contribution in [2.45, 2.75) is 12.3 Å². The number of furan rings is 1. The van der Waals surface area contributed by atoms with Gasteiger partial charge in [0.05, 0.1) is 6.26 Å². The van der Waals surface area contributed by atoms with Crippen LogP contribution >= 0.6 is 0 Å². The van der Waals surface area contributed by atoms with Crippen LogP contribution in [0, 0.1) is 5.82 Å². The third-order valence-electron chi connectivity index (χ3n) is 2.66. The summed E-state index contributed by atoms with van der Waals surface area (Å²) in [6.45, 7) is 0.404. The van der Waals surface area contributed by atoms with Crippen molar-refractivity contribution in [2.24, 2.45) is 5.73 Å². The maximum absolute atomic E-state index is 13.6. The van der Waals surface area contributed by atoms with Gasteiger partial charge in [0.1, 0.15) is 11.6 Å². The summed E-state index contributed by atoms with van der Waals surface area (Å²) in [5.41, 5.74) is 6.34. The predicted molar refractivity (Wildman–Crippen MR) is 60.6 cm³/mol. The molecule has 0 saturated carbocycles. The lowest BCUT2D eigenvalue weighted by Crippen LogP contribution is -2.16. The number of rotatable bonds is 4. The van der Waals surface area contributed by atoms with E-state index in [-0.39, 0.29) is 11.7 Å². The quantitative estimate of drug-likeness (QED) is 0.858. The molecule has 0 aliphatic heterocycles. The van der Waals surface area contributed by atoms with Crippen molar-refractivity contribution in [1.82, 2.24) is 0 Å². The van der Waals surface area contributed by atoms with Crippen molar-refractivity contribution in [3.63, 3.8) is 0 Å². The highest BCUT2D eigenvalue weighted by molar-refractivity contribution is 5.23. The Hall–Kier alpha value is -1.61. The van der Waals surface area contributed by atoms with Crippen LogP contribution in [0.25, 0.3) is 0 Å². The topological polar surface area (TPSA) is 39.2 Å². The van der Waals surface area contributed by atoms with Crippen molar-refractivity contribution in [2.75, 3.05) is 6.54 Å². The van der Waals surface area contributed by atoms with Crippen LogP contribution in [0.15, 0.2) is 47.1 Å². The third-order valence-corrected chi connectivity index (χ3v) is 2.66. The SMILES string of the molecule is NCC(Cc1ccco1)c1ccccc1F. The van der Waals surface area contributed by atoms with E-state index in [1.807, 2.05) is 18.2 Å². The summed E-state index contributed by atoms with van der Waals surface area (Å²) in [5, 5.41) is 0. The standard InChI is InChI=1S/C13H14FNO/c14-13-6-2-1-5-12(13)10(9-15)8-11-4-3-7-16-11/h1-7,10H,8-9,15H2. The highest BCUT2D eigenvalue weighted by Gasteiger charge is 2.15. The summed E-state index contributed by atoms with van der Waals surface area (Å²) in [7, 11) is 0. The molecule has 1 atom stereocenters. The largest absolute Gasteiger partial charge is 0.469 e. The molecule has 1 heterocycles. The zero-order chi connectivity index (χ0) is 11.4. The van der Waals surface area contributed by atoms with Gasteiger partial charge < -0.3 is 10.2 Å². The van der Waals surface area contributed by atoms with Crippen LogP contribution in [-0.4, -0.2) is 6.54 Å². The van der Waals surface area contributed by atoms with Gasteiger partial charge in [0, 0.05) is 12.3 Å². The molecule has 1 aromatic carbocycles. The van der Waals surface area contributed by atoms with Crippen LogP contribution in [0.1, 0.15) is 17.2 Å². The van der Waals surface area contributed by atoms with Gasteiger partial charge >= 0.3 is 0 Å². The summed E-state index contributed by atoms with van der Waals surface area (Å²) in [6.07, 6.45) is 2.24. The first-order chi connectivity index (χ1) is 7.81. The molecule has 0 aliphatic rings. The van der Waals surface area contributed by atoms with E-state index in [0.717, 1.165) is 5.76 Å². The monoisotopic (exact) mass is 219 g/mol. The molecule has 2 rings (SSSR count). The number of hydrogen-bond donors (Lipinski definition) is 1. The Labute approximate surface area is 93.9 Å². The van der Waals surface area contributed by atoms with Crippen LogP contribution < -0.4 is 5.73 Å². The first kappa shape index (κ1) is 10.9. The summed E-state index contributed by atoms with van der Waals surface area (Å²) in [6, 6.07) is 10.4. The molecule has 3 heteroatoms. The minimum atomic E-state index is -0.204. The molecule has 0 amide bonds. The molecule has 84 valence electrons. The lowest BCUT2D eigenvalue weighted by Gasteiger charge is -2.14. The van der Waals surface area contributed by atoms with Gasteiger partial charge in [-0.25, -0.2) is 4.39 Å². The van der Waals surface area contributed by atoms with Crippen molar-refractivity contribution in [3.05, 3.63) is 59.8 Å². The Morgan fingerprint density at radius 3 is 2.62 bits per heavy atom. The Bertz CT molecular complexity index is 439. The molecule has 0 aliphatic carbocycles. The van der Waals surface area contributed by atoms with E-state index in [0.29, 0.717) is 18.5 Å². The molecule has 2 nitrogen and oxygen atoms in total. The highest BCUT2D eigenvalue weighted by atomic mass is 19.1. The Morgan fingerprint density at radius 2 is 2.00 bits per heavy atom. The van der Waals surface area contributed by atoms with Crippen molar-refractivity contribution in [3.8, 4) is 0 Å². The first-order valence-electron chi connectivity index (χ1n) is 5.28. The number of nitrogens with two attached hydrogens (primary N) is 1. The first-order valence-corrected chi connectivity index (χ1v) is 5.28. The molecule has 0 fully saturated rings. The van der Waals surface area contributed by atoms with Crippen LogP contribution in [0.4, 0.5) is 4.39 Å². The highest BCUT2D eigenvalue weighted by Crippen LogP contribution is 2.22. The minimum Gasteiger partial charge on any atom is -0.469 e. The van der Waals surface area contributed by atoms with E-state index in [2.05, 4.69) is 0 Å². The fraction of sp³-hybridized carbons (Fsp3) is 0.231. The van der Waals surface area contributed by atoms with Gasteiger partial charge in [0.2, 0.25) is 0 Å². The molecular weight excluding hydrogens is 205 g/mol. The van der Waals surface area contributed by atoms with Gasteiger partial charge in [-0.15, -0.1) is 0 Å². The third kappa shape index (κ3) is 2.31. The van der Waals surface area contributed by atoms with Crippen molar-refractivity contribution in [1.29, 1.82) is 0 Å². The van der Waals surface area contributed by atoms with Gasteiger partial charge in [-0.2, -0.15) is 0 Å². The lowest BCUT2D eigenvalue weighted by molar-refractivity contribution is 0.479. The van der Waals surface area contributed by atoms with Crippen molar-refractivity contribution < 1.29 is 8.81 Å². The number of hydrogen-bond acceptors (Lipinski definition) is 2. The lowest BCUT2D eigenvalue weighted by atomic mass is 9.94. The summed E-state index contributed by atoms with van der Waals surface area (Å²) in [5.74, 6) is 0.593. The second-order valence-electron chi connectivity index (χ2n) is 3.74. The molecule has 2 N–H and O–H groups in total. The van der Waals surface area contributed by atoms with Crippen LogP contribution in [0.3, 0.4) is 0 Å².